The molecule has 0 amide bonds. The predicted molar refractivity (Wildman–Crippen MR) is 116 cm³/mol. The van der Waals surface area contributed by atoms with Gasteiger partial charge in [0.25, 0.3) is 0 Å². The summed E-state index contributed by atoms with van der Waals surface area (Å²) in [5, 5.41) is 0. The van der Waals surface area contributed by atoms with Crippen molar-refractivity contribution < 1.29 is 28.5 Å². The molecule has 0 saturated carbocycles. The van der Waals surface area contributed by atoms with Crippen LogP contribution in [0.3, 0.4) is 0 Å². The van der Waals surface area contributed by atoms with Crippen molar-refractivity contribution in [2.75, 3.05) is 42.1 Å². The predicted octanol–water partition coefficient (Wildman–Crippen LogP) is 3.64. The van der Waals surface area contributed by atoms with Gasteiger partial charge >= 0.3 is 0 Å². The van der Waals surface area contributed by atoms with E-state index in [4.69, 9.17) is 23.7 Å². The van der Waals surface area contributed by atoms with Gasteiger partial charge in [0.2, 0.25) is 5.75 Å². The minimum absolute atomic E-state index is 0.0765. The third kappa shape index (κ3) is 3.54. The monoisotopic (exact) mass is 425 g/mol. The third-order valence-corrected chi connectivity index (χ3v) is 5.96. The number of nitrogens with zero attached hydrogens (tertiary/aromatic N) is 1. The van der Waals surface area contributed by atoms with Crippen molar-refractivity contribution in [1.29, 1.82) is 0 Å². The van der Waals surface area contributed by atoms with Gasteiger partial charge in [-0.3, -0.25) is 4.79 Å². The van der Waals surface area contributed by atoms with Crippen LogP contribution in [0.4, 0.5) is 0 Å². The molecule has 0 N–H and O–H groups in total. The molecule has 0 spiro atoms. The molecule has 0 radical (unpaired) electrons. The largest absolute Gasteiger partial charge is 0.493 e. The lowest BCUT2D eigenvalue weighted by molar-refractivity contribution is -0.116. The number of carbonyl (C=O) groups is 1. The zero-order valence-corrected chi connectivity index (χ0v) is 18.5. The molecule has 7 nitrogen and oxygen atoms in total. The lowest BCUT2D eigenvalue weighted by Crippen LogP contribution is -2.37. The van der Waals surface area contributed by atoms with Crippen LogP contribution in [0.2, 0.25) is 0 Å². The standard InChI is InChI=1S/C24H27NO6/c1-27-20-8-14-6-7-25-18(11-16(26)12-19(25)17(14)13-21(20)28-2)15-9-22(29-3)24(31-5)23(10-15)30-4/h8-10,12-13,18H,6-7,11H2,1-5H3/t18-/m0/s1. The molecule has 0 aromatic heterocycles. The van der Waals surface area contributed by atoms with Crippen LogP contribution in [-0.4, -0.2) is 52.8 Å². The van der Waals surface area contributed by atoms with Gasteiger partial charge in [0.15, 0.2) is 28.8 Å². The second-order valence-electron chi connectivity index (χ2n) is 7.48. The van der Waals surface area contributed by atoms with E-state index in [-0.39, 0.29) is 11.8 Å². The SMILES string of the molecule is COc1cc2c(cc1OC)C1=CC(=O)C[C@@H](c3cc(OC)c(OC)c(OC)c3)N1CC2. The van der Waals surface area contributed by atoms with Gasteiger partial charge < -0.3 is 28.6 Å². The fraction of sp³-hybridized carbons (Fsp3) is 0.375. The van der Waals surface area contributed by atoms with Crippen LogP contribution in [0, 0.1) is 0 Å². The minimum atomic E-state index is -0.137. The fourth-order valence-electron chi connectivity index (χ4n) is 4.47. The van der Waals surface area contributed by atoms with E-state index in [1.54, 1.807) is 41.6 Å². The summed E-state index contributed by atoms with van der Waals surface area (Å²) < 4.78 is 27.5. The van der Waals surface area contributed by atoms with Gasteiger partial charge in [-0.15, -0.1) is 0 Å². The van der Waals surface area contributed by atoms with Crippen molar-refractivity contribution in [3.05, 3.63) is 47.0 Å². The lowest BCUT2D eigenvalue weighted by atomic mass is 9.87. The van der Waals surface area contributed by atoms with Crippen molar-refractivity contribution in [2.45, 2.75) is 18.9 Å². The molecule has 0 aliphatic carbocycles. The number of carbonyl (C=O) groups excluding carboxylic acids is 1. The van der Waals surface area contributed by atoms with Crippen LogP contribution >= 0.6 is 0 Å². The molecule has 31 heavy (non-hydrogen) atoms. The molecule has 1 atom stereocenters. The summed E-state index contributed by atoms with van der Waals surface area (Å²) in [5.41, 5.74) is 3.97. The van der Waals surface area contributed by atoms with E-state index in [1.807, 2.05) is 24.3 Å². The topological polar surface area (TPSA) is 66.5 Å². The summed E-state index contributed by atoms with van der Waals surface area (Å²) in [4.78, 5) is 15.0. The first-order chi connectivity index (χ1) is 15.0. The van der Waals surface area contributed by atoms with Crippen LogP contribution in [0.25, 0.3) is 5.70 Å². The van der Waals surface area contributed by atoms with E-state index in [0.29, 0.717) is 35.2 Å². The highest BCUT2D eigenvalue weighted by Crippen LogP contribution is 2.46. The average Bonchev–Trinajstić information content (AvgIpc) is 2.81. The Balaban J connectivity index is 1.80. The first-order valence-corrected chi connectivity index (χ1v) is 10.1. The minimum Gasteiger partial charge on any atom is -0.493 e. The molecule has 2 aromatic carbocycles. The molecule has 2 aromatic rings. The maximum atomic E-state index is 12.8. The van der Waals surface area contributed by atoms with E-state index >= 15 is 0 Å². The number of hydrogen-bond donors (Lipinski definition) is 0. The van der Waals surface area contributed by atoms with Gasteiger partial charge in [-0.05, 0) is 41.8 Å². The maximum Gasteiger partial charge on any atom is 0.203 e. The normalized spacial score (nSPS) is 17.3. The second-order valence-corrected chi connectivity index (χ2v) is 7.48. The Morgan fingerprint density at radius 3 is 2.00 bits per heavy atom. The zero-order valence-electron chi connectivity index (χ0n) is 18.5. The van der Waals surface area contributed by atoms with Crippen LogP contribution in [0.5, 0.6) is 28.7 Å². The molecule has 164 valence electrons. The van der Waals surface area contributed by atoms with Crippen molar-refractivity contribution in [2.24, 2.45) is 0 Å². The Kier molecular flexibility index (Phi) is 5.67. The third-order valence-electron chi connectivity index (χ3n) is 5.96. The molecule has 2 heterocycles. The van der Waals surface area contributed by atoms with Gasteiger partial charge in [0.05, 0.1) is 41.6 Å². The molecule has 0 fully saturated rings. The fourth-order valence-corrected chi connectivity index (χ4v) is 4.47. The molecule has 2 aliphatic rings. The Hall–Kier alpha value is -3.35. The van der Waals surface area contributed by atoms with Crippen LogP contribution in [0.1, 0.15) is 29.2 Å². The summed E-state index contributed by atoms with van der Waals surface area (Å²) in [6.07, 6.45) is 2.95. The molecular formula is C24H27NO6. The van der Waals surface area contributed by atoms with Crippen molar-refractivity contribution in [1.82, 2.24) is 4.90 Å². The molecule has 0 bridgehead atoms. The van der Waals surface area contributed by atoms with Crippen LogP contribution < -0.4 is 23.7 Å². The highest BCUT2D eigenvalue weighted by molar-refractivity contribution is 5.99. The van der Waals surface area contributed by atoms with Gasteiger partial charge in [0, 0.05) is 30.3 Å². The van der Waals surface area contributed by atoms with Gasteiger partial charge in [-0.25, -0.2) is 0 Å². The number of benzene rings is 2. The van der Waals surface area contributed by atoms with E-state index in [0.717, 1.165) is 35.4 Å². The average molecular weight is 425 g/mol. The molecule has 0 saturated heterocycles. The number of fused-ring (bicyclic) bond motifs is 3. The molecule has 4 rings (SSSR count). The number of rotatable bonds is 6. The smallest absolute Gasteiger partial charge is 0.203 e. The summed E-state index contributed by atoms with van der Waals surface area (Å²) in [6, 6.07) is 7.66. The van der Waals surface area contributed by atoms with Crippen molar-refractivity contribution >= 4 is 11.5 Å². The number of hydrogen-bond acceptors (Lipinski definition) is 7. The first kappa shape index (κ1) is 20.9. The van der Waals surface area contributed by atoms with E-state index in [2.05, 4.69) is 4.90 Å². The lowest BCUT2D eigenvalue weighted by Gasteiger charge is -2.42. The summed E-state index contributed by atoms with van der Waals surface area (Å²) in [5.74, 6) is 3.10. The molecule has 2 aliphatic heterocycles. The zero-order chi connectivity index (χ0) is 22.1. The van der Waals surface area contributed by atoms with Crippen molar-refractivity contribution in [3.8, 4) is 28.7 Å². The van der Waals surface area contributed by atoms with Gasteiger partial charge in [-0.2, -0.15) is 0 Å². The highest BCUT2D eigenvalue weighted by Gasteiger charge is 2.35. The number of methoxy groups -OCH3 is 5. The Labute approximate surface area is 182 Å². The first-order valence-electron chi connectivity index (χ1n) is 10.1. The van der Waals surface area contributed by atoms with Crippen molar-refractivity contribution in [3.63, 3.8) is 0 Å². The Morgan fingerprint density at radius 1 is 0.806 bits per heavy atom. The van der Waals surface area contributed by atoms with E-state index in [9.17, 15) is 4.79 Å². The van der Waals surface area contributed by atoms with Gasteiger partial charge in [0.1, 0.15) is 0 Å². The maximum absolute atomic E-state index is 12.8. The quantitative estimate of drug-likeness (QED) is 0.700. The summed E-state index contributed by atoms with van der Waals surface area (Å²) in [6.45, 7) is 0.781. The summed E-state index contributed by atoms with van der Waals surface area (Å²) >= 11 is 0. The van der Waals surface area contributed by atoms with Crippen LogP contribution in [0.15, 0.2) is 30.3 Å². The van der Waals surface area contributed by atoms with Gasteiger partial charge in [-0.1, -0.05) is 0 Å². The highest BCUT2D eigenvalue weighted by atomic mass is 16.5. The van der Waals surface area contributed by atoms with E-state index in [1.165, 1.54) is 0 Å². The molecular weight excluding hydrogens is 398 g/mol. The number of allylic oxidation sites excluding steroid dienone is 1. The number of ether oxygens (including phenoxy) is 5. The van der Waals surface area contributed by atoms with E-state index < -0.39 is 0 Å². The number of ketones is 1. The Morgan fingerprint density at radius 2 is 1.42 bits per heavy atom. The second kappa shape index (κ2) is 8.41. The Bertz CT molecular complexity index is 1020. The van der Waals surface area contributed by atoms with Crippen LogP contribution in [-0.2, 0) is 11.2 Å². The summed E-state index contributed by atoms with van der Waals surface area (Å²) in [7, 11) is 8.01. The molecule has 7 heteroatoms. The molecule has 0 unspecified atom stereocenters.